The highest BCUT2D eigenvalue weighted by molar-refractivity contribution is 7.91. The van der Waals surface area contributed by atoms with Crippen LogP contribution in [0, 0.1) is 0 Å². The quantitative estimate of drug-likeness (QED) is 0.626. The number of rotatable bonds is 3. The normalized spacial score (nSPS) is 28.8. The number of likely N-dealkylation sites (tertiary alicyclic amines) is 1. The van der Waals surface area contributed by atoms with Gasteiger partial charge in [-0.1, -0.05) is 12.1 Å². The van der Waals surface area contributed by atoms with Gasteiger partial charge < -0.3 is 20.9 Å². The first-order chi connectivity index (χ1) is 14.2. The number of nitrogens with zero attached hydrogens (tertiary/aromatic N) is 1. The van der Waals surface area contributed by atoms with Crippen LogP contribution < -0.4 is 16.0 Å². The molecule has 10 heteroatoms. The summed E-state index contributed by atoms with van der Waals surface area (Å²) in [6.07, 6.45) is 1.45. The molecule has 3 aliphatic rings. The van der Waals surface area contributed by atoms with Crippen LogP contribution in [0.2, 0.25) is 0 Å². The molecule has 4 rings (SSSR count). The van der Waals surface area contributed by atoms with Gasteiger partial charge in [0.05, 0.1) is 17.1 Å². The number of hydrogen-bond acceptors (Lipinski definition) is 6. The second kappa shape index (κ2) is 7.57. The molecular formula is C20H26N4O5S. The van der Waals surface area contributed by atoms with Crippen LogP contribution in [0.5, 0.6) is 0 Å². The molecule has 0 radical (unpaired) electrons. The summed E-state index contributed by atoms with van der Waals surface area (Å²) >= 11 is 0. The minimum atomic E-state index is -3.10. The van der Waals surface area contributed by atoms with E-state index in [1.54, 1.807) is 19.1 Å². The maximum atomic E-state index is 12.8. The van der Waals surface area contributed by atoms with E-state index in [0.717, 1.165) is 5.69 Å². The lowest BCUT2D eigenvalue weighted by Gasteiger charge is -2.40. The predicted molar refractivity (Wildman–Crippen MR) is 110 cm³/mol. The number of para-hydroxylation sites is 1. The van der Waals surface area contributed by atoms with Crippen molar-refractivity contribution in [2.75, 3.05) is 23.4 Å². The number of fused-ring (bicyclic) bond motifs is 1. The van der Waals surface area contributed by atoms with Gasteiger partial charge in [-0.15, -0.1) is 0 Å². The fourth-order valence-corrected chi connectivity index (χ4v) is 6.09. The Labute approximate surface area is 175 Å². The van der Waals surface area contributed by atoms with E-state index in [9.17, 15) is 22.8 Å². The molecule has 3 aliphatic heterocycles. The van der Waals surface area contributed by atoms with E-state index in [2.05, 4.69) is 16.0 Å². The standard InChI is InChI=1S/C20H26N4O5S/c1-13(18(26)21-14-7-11-30(28,29)12-14)24-10-9-20(8-6-17(24)25)22-16-5-3-2-4-15(16)19(27)23-20/h2-5,13-14,22H,6-12H2,1H3,(H,21,26)(H,23,27)/t13-,14+,20-/m1/s1. The van der Waals surface area contributed by atoms with Gasteiger partial charge in [0.1, 0.15) is 11.7 Å². The molecule has 3 amide bonds. The molecule has 162 valence electrons. The van der Waals surface area contributed by atoms with E-state index in [1.165, 1.54) is 4.90 Å². The third-order valence-corrected chi connectivity index (χ3v) is 7.96. The summed E-state index contributed by atoms with van der Waals surface area (Å²) in [5.41, 5.74) is 0.552. The smallest absolute Gasteiger partial charge is 0.255 e. The average Bonchev–Trinajstić information content (AvgIpc) is 2.96. The SMILES string of the molecule is C[C@H](C(=O)N[C@H]1CCS(=O)(=O)C1)N1CC[C@@]2(CCC1=O)NC(=O)c1ccccc1N2. The van der Waals surface area contributed by atoms with Gasteiger partial charge in [-0.05, 0) is 31.9 Å². The topological polar surface area (TPSA) is 125 Å². The number of hydrogen-bond donors (Lipinski definition) is 3. The molecule has 2 saturated heterocycles. The molecule has 0 saturated carbocycles. The number of nitrogens with one attached hydrogen (secondary N) is 3. The summed E-state index contributed by atoms with van der Waals surface area (Å²) in [5.74, 6) is -0.684. The first-order valence-corrected chi connectivity index (χ1v) is 12.0. The van der Waals surface area contributed by atoms with Crippen LogP contribution in [0.4, 0.5) is 5.69 Å². The van der Waals surface area contributed by atoms with Crippen molar-refractivity contribution >= 4 is 33.2 Å². The zero-order valence-electron chi connectivity index (χ0n) is 16.8. The summed E-state index contributed by atoms with van der Waals surface area (Å²) in [5, 5.41) is 9.16. The van der Waals surface area contributed by atoms with Crippen LogP contribution in [-0.2, 0) is 19.4 Å². The van der Waals surface area contributed by atoms with E-state index >= 15 is 0 Å². The van der Waals surface area contributed by atoms with Crippen molar-refractivity contribution in [2.45, 2.75) is 50.4 Å². The molecule has 3 N–H and O–H groups in total. The van der Waals surface area contributed by atoms with Crippen LogP contribution in [0.25, 0.3) is 0 Å². The van der Waals surface area contributed by atoms with E-state index < -0.39 is 27.6 Å². The Bertz CT molecular complexity index is 995. The zero-order chi connectivity index (χ0) is 21.5. The van der Waals surface area contributed by atoms with Crippen molar-refractivity contribution in [3.05, 3.63) is 29.8 Å². The van der Waals surface area contributed by atoms with Gasteiger partial charge in [0.25, 0.3) is 5.91 Å². The first kappa shape index (κ1) is 20.6. The average molecular weight is 435 g/mol. The molecule has 1 spiro atoms. The molecular weight excluding hydrogens is 408 g/mol. The summed E-state index contributed by atoms with van der Waals surface area (Å²) in [6.45, 7) is 1.95. The van der Waals surface area contributed by atoms with Gasteiger partial charge in [-0.2, -0.15) is 0 Å². The molecule has 2 fully saturated rings. The molecule has 30 heavy (non-hydrogen) atoms. The van der Waals surface area contributed by atoms with Gasteiger partial charge in [-0.25, -0.2) is 8.42 Å². The van der Waals surface area contributed by atoms with Gasteiger partial charge in [0, 0.05) is 31.1 Å². The molecule has 3 heterocycles. The lowest BCUT2D eigenvalue weighted by Crippen LogP contribution is -2.58. The summed E-state index contributed by atoms with van der Waals surface area (Å²) in [4.78, 5) is 39.5. The van der Waals surface area contributed by atoms with Crippen molar-refractivity contribution in [1.29, 1.82) is 0 Å². The minimum Gasteiger partial charge on any atom is -0.362 e. The van der Waals surface area contributed by atoms with E-state index in [1.807, 2.05) is 12.1 Å². The maximum absolute atomic E-state index is 12.8. The van der Waals surface area contributed by atoms with Gasteiger partial charge in [-0.3, -0.25) is 14.4 Å². The third-order valence-electron chi connectivity index (χ3n) is 6.19. The molecule has 1 aromatic rings. The van der Waals surface area contributed by atoms with Crippen LogP contribution >= 0.6 is 0 Å². The Morgan fingerprint density at radius 1 is 1.23 bits per heavy atom. The van der Waals surface area contributed by atoms with Crippen molar-refractivity contribution in [3.8, 4) is 0 Å². The van der Waals surface area contributed by atoms with E-state index in [0.29, 0.717) is 31.4 Å². The zero-order valence-corrected chi connectivity index (χ0v) is 17.6. The molecule has 1 aromatic carbocycles. The number of sulfone groups is 1. The Morgan fingerprint density at radius 3 is 2.73 bits per heavy atom. The molecule has 0 aromatic heterocycles. The van der Waals surface area contributed by atoms with Crippen molar-refractivity contribution in [2.24, 2.45) is 0 Å². The number of benzene rings is 1. The van der Waals surface area contributed by atoms with Crippen molar-refractivity contribution in [1.82, 2.24) is 15.5 Å². The molecule has 0 aliphatic carbocycles. The largest absolute Gasteiger partial charge is 0.362 e. The fraction of sp³-hybridized carbons (Fsp3) is 0.550. The minimum absolute atomic E-state index is 0.0577. The lowest BCUT2D eigenvalue weighted by atomic mass is 9.95. The highest BCUT2D eigenvalue weighted by atomic mass is 32.2. The maximum Gasteiger partial charge on any atom is 0.255 e. The Hall–Kier alpha value is -2.62. The third kappa shape index (κ3) is 4.00. The lowest BCUT2D eigenvalue weighted by molar-refractivity contribution is -0.139. The Morgan fingerprint density at radius 2 is 2.00 bits per heavy atom. The van der Waals surface area contributed by atoms with Crippen molar-refractivity contribution in [3.63, 3.8) is 0 Å². The van der Waals surface area contributed by atoms with E-state index in [4.69, 9.17) is 0 Å². The monoisotopic (exact) mass is 434 g/mol. The number of anilines is 1. The second-order valence-electron chi connectivity index (χ2n) is 8.33. The first-order valence-electron chi connectivity index (χ1n) is 10.2. The van der Waals surface area contributed by atoms with Gasteiger partial charge >= 0.3 is 0 Å². The number of amides is 3. The number of carbonyl (C=O) groups is 3. The summed E-state index contributed by atoms with van der Waals surface area (Å²) < 4.78 is 23.2. The van der Waals surface area contributed by atoms with Crippen molar-refractivity contribution < 1.29 is 22.8 Å². The molecule has 9 nitrogen and oxygen atoms in total. The Balaban J connectivity index is 1.44. The van der Waals surface area contributed by atoms with Crippen LogP contribution in [-0.4, -0.2) is 66.8 Å². The van der Waals surface area contributed by atoms with E-state index in [-0.39, 0.29) is 35.6 Å². The molecule has 3 atom stereocenters. The molecule has 0 unspecified atom stereocenters. The predicted octanol–water partition coefficient (Wildman–Crippen LogP) is 0.243. The van der Waals surface area contributed by atoms with Crippen LogP contribution in [0.15, 0.2) is 24.3 Å². The highest BCUT2D eigenvalue weighted by Crippen LogP contribution is 2.32. The Kier molecular flexibility index (Phi) is 5.21. The van der Waals surface area contributed by atoms with Crippen LogP contribution in [0.1, 0.15) is 43.0 Å². The fourth-order valence-electron chi connectivity index (χ4n) is 4.42. The number of carbonyl (C=O) groups excluding carboxylic acids is 3. The second-order valence-corrected chi connectivity index (χ2v) is 10.6. The highest BCUT2D eigenvalue weighted by Gasteiger charge is 2.42. The summed E-state index contributed by atoms with van der Waals surface area (Å²) in [7, 11) is -3.10. The van der Waals surface area contributed by atoms with Crippen LogP contribution in [0.3, 0.4) is 0 Å². The van der Waals surface area contributed by atoms with Gasteiger partial charge in [0.15, 0.2) is 9.84 Å². The molecule has 0 bridgehead atoms. The summed E-state index contributed by atoms with van der Waals surface area (Å²) in [6, 6.07) is 6.10. The van der Waals surface area contributed by atoms with Gasteiger partial charge in [0.2, 0.25) is 11.8 Å².